The second kappa shape index (κ2) is 9.20. The van der Waals surface area contributed by atoms with Crippen molar-refractivity contribution >= 4 is 23.6 Å². The fraction of sp³-hybridized carbons (Fsp3) is 0.190. The number of ether oxygens (including phenoxy) is 2. The average molecular weight is 364 g/mol. The van der Waals surface area contributed by atoms with Gasteiger partial charge in [-0.05, 0) is 49.2 Å². The molecule has 0 aliphatic heterocycles. The summed E-state index contributed by atoms with van der Waals surface area (Å²) < 4.78 is 10.00. The van der Waals surface area contributed by atoms with E-state index in [1.54, 1.807) is 43.5 Å². The number of esters is 1. The zero-order valence-corrected chi connectivity index (χ0v) is 15.4. The van der Waals surface area contributed by atoms with Crippen molar-refractivity contribution in [3.63, 3.8) is 0 Å². The highest BCUT2D eigenvalue weighted by molar-refractivity contribution is 6.00. The number of nitrogens with one attached hydrogen (secondary N) is 1. The molecule has 1 N–H and O–H groups in total. The minimum atomic E-state index is -0.857. The number of amides is 1. The first kappa shape index (κ1) is 19.7. The van der Waals surface area contributed by atoms with Crippen molar-refractivity contribution in [1.82, 2.24) is 0 Å². The minimum absolute atomic E-state index is 0.195. The molecule has 0 fully saturated rings. The Morgan fingerprint density at radius 2 is 1.85 bits per heavy atom. The zero-order valence-electron chi connectivity index (χ0n) is 15.4. The Bertz CT molecular complexity index is 909. The number of carbonyl (C=O) groups is 2. The molecule has 138 valence electrons. The van der Waals surface area contributed by atoms with Gasteiger partial charge in [-0.3, -0.25) is 4.79 Å². The summed E-state index contributed by atoms with van der Waals surface area (Å²) in [5.41, 5.74) is 3.09. The molecule has 0 aliphatic carbocycles. The Balaban J connectivity index is 1.96. The number of carbonyl (C=O) groups excluding carboxylic acids is 2. The number of aryl methyl sites for hydroxylation is 2. The normalized spacial score (nSPS) is 10.7. The molecule has 6 heteroatoms. The second-order valence-corrected chi connectivity index (χ2v) is 5.89. The maximum atomic E-state index is 12.1. The number of benzene rings is 2. The highest BCUT2D eigenvalue weighted by Crippen LogP contribution is 2.16. The summed E-state index contributed by atoms with van der Waals surface area (Å²) in [7, 11) is 1.55. The maximum absolute atomic E-state index is 12.1. The molecule has 2 aromatic rings. The molecule has 0 spiro atoms. The van der Waals surface area contributed by atoms with Gasteiger partial charge in [0, 0.05) is 5.69 Å². The molecule has 0 radical (unpaired) electrons. The third kappa shape index (κ3) is 5.72. The molecule has 2 aromatic carbocycles. The lowest BCUT2D eigenvalue weighted by atomic mass is 10.1. The Kier molecular flexibility index (Phi) is 6.73. The molecular formula is C21H20N2O4. The van der Waals surface area contributed by atoms with Crippen LogP contribution >= 0.6 is 0 Å². The highest BCUT2D eigenvalue weighted by atomic mass is 16.5. The molecule has 0 heterocycles. The van der Waals surface area contributed by atoms with Crippen molar-refractivity contribution in [3.05, 3.63) is 64.7 Å². The SMILES string of the molecule is COc1ccc(/C=C(\C#N)C(=O)OCC(=O)Nc2ccc(C)cc2C)cc1. The van der Waals surface area contributed by atoms with E-state index in [0.29, 0.717) is 17.0 Å². The fourth-order valence-electron chi connectivity index (χ4n) is 2.35. The van der Waals surface area contributed by atoms with E-state index in [4.69, 9.17) is 9.47 Å². The maximum Gasteiger partial charge on any atom is 0.349 e. The van der Waals surface area contributed by atoms with Gasteiger partial charge in [-0.2, -0.15) is 5.26 Å². The van der Waals surface area contributed by atoms with Gasteiger partial charge in [0.15, 0.2) is 6.61 Å². The zero-order chi connectivity index (χ0) is 19.8. The lowest BCUT2D eigenvalue weighted by Gasteiger charge is -2.09. The van der Waals surface area contributed by atoms with E-state index < -0.39 is 18.5 Å². The van der Waals surface area contributed by atoms with Crippen LogP contribution < -0.4 is 10.1 Å². The van der Waals surface area contributed by atoms with Crippen molar-refractivity contribution in [3.8, 4) is 11.8 Å². The topological polar surface area (TPSA) is 88.4 Å². The van der Waals surface area contributed by atoms with Crippen LogP contribution in [0.15, 0.2) is 48.0 Å². The molecule has 0 aromatic heterocycles. The van der Waals surface area contributed by atoms with Crippen LogP contribution in [0, 0.1) is 25.2 Å². The van der Waals surface area contributed by atoms with Crippen LogP contribution in [0.2, 0.25) is 0 Å². The molecule has 1 amide bonds. The van der Waals surface area contributed by atoms with E-state index in [1.165, 1.54) is 6.08 Å². The van der Waals surface area contributed by atoms with Gasteiger partial charge in [-0.25, -0.2) is 4.79 Å². The van der Waals surface area contributed by atoms with Crippen LogP contribution in [0.4, 0.5) is 5.69 Å². The van der Waals surface area contributed by atoms with Gasteiger partial charge in [-0.15, -0.1) is 0 Å². The Hall–Kier alpha value is -3.59. The minimum Gasteiger partial charge on any atom is -0.497 e. The van der Waals surface area contributed by atoms with Crippen molar-refractivity contribution in [2.24, 2.45) is 0 Å². The number of hydrogen-bond donors (Lipinski definition) is 1. The summed E-state index contributed by atoms with van der Waals surface area (Å²) in [4.78, 5) is 24.0. The number of methoxy groups -OCH3 is 1. The fourth-order valence-corrected chi connectivity index (χ4v) is 2.35. The first-order valence-electron chi connectivity index (χ1n) is 8.23. The second-order valence-electron chi connectivity index (χ2n) is 5.89. The molecule has 0 bridgehead atoms. The Labute approximate surface area is 158 Å². The van der Waals surface area contributed by atoms with Crippen LogP contribution in [-0.2, 0) is 14.3 Å². The smallest absolute Gasteiger partial charge is 0.349 e. The van der Waals surface area contributed by atoms with Crippen LogP contribution in [0.1, 0.15) is 16.7 Å². The largest absolute Gasteiger partial charge is 0.497 e. The standard InChI is InChI=1S/C21H20N2O4/c1-14-4-9-19(15(2)10-14)23-20(24)13-27-21(25)17(12-22)11-16-5-7-18(26-3)8-6-16/h4-11H,13H2,1-3H3,(H,23,24)/b17-11+. The number of hydrogen-bond acceptors (Lipinski definition) is 5. The molecule has 0 saturated heterocycles. The third-order valence-corrected chi connectivity index (χ3v) is 3.76. The van der Waals surface area contributed by atoms with Crippen molar-refractivity contribution in [2.75, 3.05) is 19.0 Å². The highest BCUT2D eigenvalue weighted by Gasteiger charge is 2.14. The van der Waals surface area contributed by atoms with Crippen molar-refractivity contribution < 1.29 is 19.1 Å². The lowest BCUT2D eigenvalue weighted by molar-refractivity contribution is -0.142. The number of rotatable bonds is 6. The van der Waals surface area contributed by atoms with Gasteiger partial charge in [0.25, 0.3) is 5.91 Å². The van der Waals surface area contributed by atoms with Crippen molar-refractivity contribution in [1.29, 1.82) is 5.26 Å². The van der Waals surface area contributed by atoms with Gasteiger partial charge in [0.1, 0.15) is 17.4 Å². The van der Waals surface area contributed by atoms with Crippen LogP contribution in [0.3, 0.4) is 0 Å². The van der Waals surface area contributed by atoms with Crippen LogP contribution in [0.25, 0.3) is 6.08 Å². The molecule has 6 nitrogen and oxygen atoms in total. The Morgan fingerprint density at radius 3 is 2.44 bits per heavy atom. The summed E-state index contributed by atoms with van der Waals surface area (Å²) in [5, 5.41) is 11.9. The number of nitriles is 1. The predicted octanol–water partition coefficient (Wildman–Crippen LogP) is 3.40. The van der Waals surface area contributed by atoms with Gasteiger partial charge in [0.05, 0.1) is 7.11 Å². The summed E-state index contributed by atoms with van der Waals surface area (Å²) in [5.74, 6) is -0.669. The van der Waals surface area contributed by atoms with Crippen molar-refractivity contribution in [2.45, 2.75) is 13.8 Å². The predicted molar refractivity (Wildman–Crippen MR) is 102 cm³/mol. The monoisotopic (exact) mass is 364 g/mol. The molecule has 2 rings (SSSR count). The first-order valence-corrected chi connectivity index (χ1v) is 8.23. The van der Waals surface area contributed by atoms with E-state index in [9.17, 15) is 14.9 Å². The van der Waals surface area contributed by atoms with E-state index in [1.807, 2.05) is 26.0 Å². The van der Waals surface area contributed by atoms with Gasteiger partial charge in [-0.1, -0.05) is 29.8 Å². The van der Waals surface area contributed by atoms with Crippen LogP contribution in [-0.4, -0.2) is 25.6 Å². The first-order chi connectivity index (χ1) is 12.9. The lowest BCUT2D eigenvalue weighted by Crippen LogP contribution is -2.21. The van der Waals surface area contributed by atoms with E-state index >= 15 is 0 Å². The molecule has 0 aliphatic rings. The number of anilines is 1. The quantitative estimate of drug-likeness (QED) is 0.482. The molecule has 27 heavy (non-hydrogen) atoms. The summed E-state index contributed by atoms with van der Waals surface area (Å²) in [6, 6.07) is 14.2. The summed E-state index contributed by atoms with van der Waals surface area (Å²) >= 11 is 0. The van der Waals surface area contributed by atoms with Gasteiger partial charge in [0.2, 0.25) is 0 Å². The van der Waals surface area contributed by atoms with E-state index in [2.05, 4.69) is 5.32 Å². The Morgan fingerprint density at radius 1 is 1.15 bits per heavy atom. The molecule has 0 saturated carbocycles. The summed E-state index contributed by atoms with van der Waals surface area (Å²) in [6.07, 6.45) is 1.39. The van der Waals surface area contributed by atoms with E-state index in [-0.39, 0.29) is 5.57 Å². The van der Waals surface area contributed by atoms with Gasteiger partial charge < -0.3 is 14.8 Å². The number of nitrogens with zero attached hydrogens (tertiary/aromatic N) is 1. The molecule has 0 unspecified atom stereocenters. The van der Waals surface area contributed by atoms with Gasteiger partial charge >= 0.3 is 5.97 Å². The molecular weight excluding hydrogens is 344 g/mol. The third-order valence-electron chi connectivity index (χ3n) is 3.76. The average Bonchev–Trinajstić information content (AvgIpc) is 2.67. The summed E-state index contributed by atoms with van der Waals surface area (Å²) in [6.45, 7) is 3.35. The van der Waals surface area contributed by atoms with E-state index in [0.717, 1.165) is 11.1 Å². The molecule has 0 atom stereocenters. The van der Waals surface area contributed by atoms with Crippen LogP contribution in [0.5, 0.6) is 5.75 Å².